The van der Waals surface area contributed by atoms with Crippen LogP contribution < -0.4 is 16.4 Å². The molecule has 1 aromatic rings. The summed E-state index contributed by atoms with van der Waals surface area (Å²) in [5, 5.41) is 6.15. The zero-order valence-corrected chi connectivity index (χ0v) is 11.4. The molecule has 19 heavy (non-hydrogen) atoms. The van der Waals surface area contributed by atoms with E-state index in [1.807, 2.05) is 0 Å². The Hall–Kier alpha value is -2.05. The van der Waals surface area contributed by atoms with Crippen LogP contribution in [0.1, 0.15) is 26.7 Å². The van der Waals surface area contributed by atoms with E-state index in [2.05, 4.69) is 27.5 Å². The first-order chi connectivity index (χ1) is 9.15. The van der Waals surface area contributed by atoms with Gasteiger partial charge in [0.25, 0.3) is 0 Å². The summed E-state index contributed by atoms with van der Waals surface area (Å²) in [6, 6.07) is 1.76. The van der Waals surface area contributed by atoms with Gasteiger partial charge in [-0.05, 0) is 13.3 Å². The quantitative estimate of drug-likeness (QED) is 0.609. The Morgan fingerprint density at radius 2 is 1.89 bits per heavy atom. The van der Waals surface area contributed by atoms with Crippen molar-refractivity contribution in [2.45, 2.75) is 26.7 Å². The topological polar surface area (TPSA) is 102 Å². The maximum Gasteiger partial charge on any atom is 0.307 e. The molecule has 0 saturated carbocycles. The van der Waals surface area contributed by atoms with Gasteiger partial charge in [0.05, 0.1) is 13.0 Å². The molecule has 0 unspecified atom stereocenters. The fourth-order valence-electron chi connectivity index (χ4n) is 1.43. The average Bonchev–Trinajstić information content (AvgIpc) is 2.36. The van der Waals surface area contributed by atoms with E-state index in [0.29, 0.717) is 24.8 Å². The van der Waals surface area contributed by atoms with Gasteiger partial charge in [-0.2, -0.15) is 9.97 Å². The van der Waals surface area contributed by atoms with Crippen LogP contribution in [-0.2, 0) is 9.53 Å². The van der Waals surface area contributed by atoms with Gasteiger partial charge in [0.15, 0.2) is 0 Å². The molecule has 0 saturated heterocycles. The number of nitrogen functional groups attached to an aromatic ring is 1. The normalized spacial score (nSPS) is 10.0. The van der Waals surface area contributed by atoms with E-state index < -0.39 is 0 Å². The standard InChI is InChI=1S/C12H21N5O2/c1-3-6-14-9-8-10(17-12(13)16-9)15-7-5-11(18)19-4-2/h8H,3-7H2,1-2H3,(H4,13,14,15,16,17). The lowest BCUT2D eigenvalue weighted by molar-refractivity contribution is -0.142. The number of carbonyl (C=O) groups is 1. The maximum atomic E-state index is 11.2. The van der Waals surface area contributed by atoms with Crippen molar-refractivity contribution in [2.75, 3.05) is 36.1 Å². The zero-order valence-electron chi connectivity index (χ0n) is 11.4. The van der Waals surface area contributed by atoms with Crippen molar-refractivity contribution in [3.8, 4) is 0 Å². The molecule has 4 N–H and O–H groups in total. The van der Waals surface area contributed by atoms with E-state index in [0.717, 1.165) is 13.0 Å². The minimum atomic E-state index is -0.235. The van der Waals surface area contributed by atoms with Gasteiger partial charge in [-0.15, -0.1) is 0 Å². The van der Waals surface area contributed by atoms with E-state index in [-0.39, 0.29) is 18.3 Å². The Morgan fingerprint density at radius 1 is 1.26 bits per heavy atom. The van der Waals surface area contributed by atoms with Crippen molar-refractivity contribution in [1.82, 2.24) is 9.97 Å². The molecule has 0 aliphatic carbocycles. The first-order valence-corrected chi connectivity index (χ1v) is 6.43. The summed E-state index contributed by atoms with van der Waals surface area (Å²) in [6.07, 6.45) is 1.28. The third kappa shape index (κ3) is 5.89. The van der Waals surface area contributed by atoms with Crippen LogP contribution in [0.4, 0.5) is 17.6 Å². The summed E-state index contributed by atoms with van der Waals surface area (Å²) in [7, 11) is 0. The molecule has 0 bridgehead atoms. The van der Waals surface area contributed by atoms with Gasteiger partial charge in [0.1, 0.15) is 11.6 Å². The van der Waals surface area contributed by atoms with Gasteiger partial charge in [0, 0.05) is 19.2 Å². The lowest BCUT2D eigenvalue weighted by atomic mass is 10.4. The van der Waals surface area contributed by atoms with Crippen molar-refractivity contribution < 1.29 is 9.53 Å². The molecule has 0 radical (unpaired) electrons. The first-order valence-electron chi connectivity index (χ1n) is 6.43. The van der Waals surface area contributed by atoms with Gasteiger partial charge in [-0.3, -0.25) is 4.79 Å². The van der Waals surface area contributed by atoms with E-state index >= 15 is 0 Å². The molecule has 106 valence electrons. The molecule has 7 heteroatoms. The summed E-state index contributed by atoms with van der Waals surface area (Å²) < 4.78 is 4.83. The molecular formula is C12H21N5O2. The van der Waals surface area contributed by atoms with Crippen LogP contribution in [0.5, 0.6) is 0 Å². The summed E-state index contributed by atoms with van der Waals surface area (Å²) in [5.74, 6) is 1.23. The van der Waals surface area contributed by atoms with Crippen molar-refractivity contribution in [3.05, 3.63) is 6.07 Å². The second-order valence-electron chi connectivity index (χ2n) is 3.91. The predicted octanol–water partition coefficient (Wildman–Crippen LogP) is 1.25. The molecule has 0 aromatic carbocycles. The highest BCUT2D eigenvalue weighted by molar-refractivity contribution is 5.70. The van der Waals surface area contributed by atoms with Crippen LogP contribution >= 0.6 is 0 Å². The number of carbonyl (C=O) groups excluding carboxylic acids is 1. The van der Waals surface area contributed by atoms with Crippen molar-refractivity contribution in [2.24, 2.45) is 0 Å². The number of hydrogen-bond acceptors (Lipinski definition) is 7. The summed E-state index contributed by atoms with van der Waals surface area (Å²) >= 11 is 0. The average molecular weight is 267 g/mol. The second kappa shape index (κ2) is 8.12. The molecule has 1 rings (SSSR count). The van der Waals surface area contributed by atoms with Crippen LogP contribution in [0.25, 0.3) is 0 Å². The summed E-state index contributed by atoms with van der Waals surface area (Å²) in [4.78, 5) is 19.3. The van der Waals surface area contributed by atoms with Crippen molar-refractivity contribution in [1.29, 1.82) is 0 Å². The number of esters is 1. The highest BCUT2D eigenvalue weighted by Crippen LogP contribution is 2.12. The largest absolute Gasteiger partial charge is 0.466 e. The summed E-state index contributed by atoms with van der Waals surface area (Å²) in [6.45, 7) is 5.50. The molecule has 1 heterocycles. The number of anilines is 3. The number of nitrogens with two attached hydrogens (primary N) is 1. The number of nitrogens with one attached hydrogen (secondary N) is 2. The number of hydrogen-bond donors (Lipinski definition) is 3. The number of nitrogens with zero attached hydrogens (tertiary/aromatic N) is 2. The van der Waals surface area contributed by atoms with E-state index in [9.17, 15) is 4.79 Å². The van der Waals surface area contributed by atoms with E-state index in [4.69, 9.17) is 10.5 Å². The summed E-state index contributed by atoms with van der Waals surface area (Å²) in [5.41, 5.74) is 5.62. The van der Waals surface area contributed by atoms with Crippen LogP contribution in [0.15, 0.2) is 6.07 Å². The molecule has 7 nitrogen and oxygen atoms in total. The second-order valence-corrected chi connectivity index (χ2v) is 3.91. The zero-order chi connectivity index (χ0) is 14.1. The number of rotatable bonds is 8. The Labute approximate surface area is 113 Å². The fraction of sp³-hybridized carbons (Fsp3) is 0.583. The monoisotopic (exact) mass is 267 g/mol. The minimum Gasteiger partial charge on any atom is -0.466 e. The van der Waals surface area contributed by atoms with Gasteiger partial charge < -0.3 is 21.1 Å². The van der Waals surface area contributed by atoms with Crippen LogP contribution in [-0.4, -0.2) is 35.6 Å². The first kappa shape index (κ1) is 15.0. The maximum absolute atomic E-state index is 11.2. The highest BCUT2D eigenvalue weighted by atomic mass is 16.5. The van der Waals surface area contributed by atoms with Crippen molar-refractivity contribution in [3.63, 3.8) is 0 Å². The fourth-order valence-corrected chi connectivity index (χ4v) is 1.43. The van der Waals surface area contributed by atoms with Crippen LogP contribution in [0.3, 0.4) is 0 Å². The molecular weight excluding hydrogens is 246 g/mol. The number of aromatic nitrogens is 2. The lowest BCUT2D eigenvalue weighted by Crippen LogP contribution is -2.13. The lowest BCUT2D eigenvalue weighted by Gasteiger charge is -2.09. The number of ether oxygens (including phenoxy) is 1. The molecule has 0 atom stereocenters. The van der Waals surface area contributed by atoms with Gasteiger partial charge in [-0.1, -0.05) is 6.92 Å². The van der Waals surface area contributed by atoms with Crippen molar-refractivity contribution >= 4 is 23.6 Å². The Kier molecular flexibility index (Phi) is 6.42. The van der Waals surface area contributed by atoms with Gasteiger partial charge >= 0.3 is 5.97 Å². The Bertz CT molecular complexity index is 411. The van der Waals surface area contributed by atoms with Gasteiger partial charge in [0.2, 0.25) is 5.95 Å². The van der Waals surface area contributed by atoms with E-state index in [1.165, 1.54) is 0 Å². The predicted molar refractivity (Wildman–Crippen MR) is 75.0 cm³/mol. The smallest absolute Gasteiger partial charge is 0.307 e. The molecule has 0 amide bonds. The van der Waals surface area contributed by atoms with Crippen LogP contribution in [0, 0.1) is 0 Å². The highest BCUT2D eigenvalue weighted by Gasteiger charge is 2.04. The third-order valence-electron chi connectivity index (χ3n) is 2.24. The Morgan fingerprint density at radius 3 is 2.47 bits per heavy atom. The molecule has 0 aliphatic heterocycles. The van der Waals surface area contributed by atoms with Crippen LogP contribution in [0.2, 0.25) is 0 Å². The minimum absolute atomic E-state index is 0.194. The third-order valence-corrected chi connectivity index (χ3v) is 2.24. The van der Waals surface area contributed by atoms with E-state index in [1.54, 1.807) is 13.0 Å². The van der Waals surface area contributed by atoms with Gasteiger partial charge in [-0.25, -0.2) is 0 Å². The molecule has 0 aliphatic rings. The Balaban J connectivity index is 2.48. The SMILES string of the molecule is CCCNc1cc(NCCC(=O)OCC)nc(N)n1. The molecule has 0 fully saturated rings. The molecule has 1 aromatic heterocycles. The molecule has 0 spiro atoms.